The number of amides is 2. The molecule has 3 aliphatic heterocycles. The minimum Gasteiger partial charge on any atom is -0.378 e. The van der Waals surface area contributed by atoms with Crippen LogP contribution in [0, 0.1) is 24.6 Å². The van der Waals surface area contributed by atoms with E-state index in [1.807, 2.05) is 4.90 Å². The van der Waals surface area contributed by atoms with Crippen LogP contribution in [0.25, 0.3) is 0 Å². The number of alkyl halides is 4. The zero-order valence-corrected chi connectivity index (χ0v) is 22.4. The molecule has 3 saturated heterocycles. The first-order chi connectivity index (χ1) is 19.0. The van der Waals surface area contributed by atoms with Crippen molar-refractivity contribution in [3.8, 4) is 0 Å². The quantitative estimate of drug-likeness (QED) is 0.426. The van der Waals surface area contributed by atoms with E-state index in [0.29, 0.717) is 51.6 Å². The van der Waals surface area contributed by atoms with Gasteiger partial charge in [0, 0.05) is 38.0 Å². The summed E-state index contributed by atoms with van der Waals surface area (Å²) in [6.07, 6.45) is -6.37. The van der Waals surface area contributed by atoms with Crippen molar-refractivity contribution >= 4 is 6.03 Å². The molecule has 2 amide bonds. The molecule has 0 spiro atoms. The lowest BCUT2D eigenvalue weighted by atomic mass is 9.76. The number of carbonyl (C=O) groups excluding carboxylic acids is 1. The monoisotopic (exact) mass is 568 g/mol. The number of aryl methyl sites for hydroxylation is 1. The number of hydrogen-bond acceptors (Lipinski definition) is 4. The lowest BCUT2D eigenvalue weighted by molar-refractivity contribution is -0.217. The number of halogens is 5. The predicted octanol–water partition coefficient (Wildman–Crippen LogP) is 5.84. The Hall–Kier alpha value is -2.76. The van der Waals surface area contributed by atoms with E-state index in [1.54, 1.807) is 24.8 Å². The first kappa shape index (κ1) is 28.8. The van der Waals surface area contributed by atoms with Gasteiger partial charge < -0.3 is 24.0 Å². The Morgan fingerprint density at radius 1 is 1.10 bits per heavy atom. The normalized spacial score (nSPS) is 26.1. The van der Waals surface area contributed by atoms with Crippen LogP contribution >= 0.6 is 0 Å². The van der Waals surface area contributed by atoms with Crippen LogP contribution in [-0.2, 0) is 27.1 Å². The largest absolute Gasteiger partial charge is 0.416 e. The highest BCUT2D eigenvalue weighted by Gasteiger charge is 2.49. The predicted molar refractivity (Wildman–Crippen MR) is 136 cm³/mol. The molecule has 0 aliphatic carbocycles. The summed E-state index contributed by atoms with van der Waals surface area (Å²) in [7, 11) is 0. The van der Waals surface area contributed by atoms with Crippen LogP contribution in [0.3, 0.4) is 0 Å². The van der Waals surface area contributed by atoms with Gasteiger partial charge in [0.1, 0.15) is 12.5 Å². The van der Waals surface area contributed by atoms with E-state index in [1.165, 1.54) is 18.2 Å². The summed E-state index contributed by atoms with van der Waals surface area (Å²) < 4.78 is 85.8. The number of fused-ring (bicyclic) bond motifs is 1. The molecule has 11 heteroatoms. The highest BCUT2D eigenvalue weighted by atomic mass is 19.4. The summed E-state index contributed by atoms with van der Waals surface area (Å²) in [6, 6.07) is 7.51. The van der Waals surface area contributed by atoms with Gasteiger partial charge in [0.05, 0.1) is 31.5 Å². The summed E-state index contributed by atoms with van der Waals surface area (Å²) in [4.78, 5) is 16.8. The Balaban J connectivity index is 1.43. The molecule has 0 saturated carbocycles. The molecule has 6 nitrogen and oxygen atoms in total. The van der Waals surface area contributed by atoms with E-state index in [2.05, 4.69) is 0 Å². The van der Waals surface area contributed by atoms with E-state index >= 15 is 0 Å². The van der Waals surface area contributed by atoms with E-state index in [-0.39, 0.29) is 29.0 Å². The number of hydrogen-bond donors (Lipinski definition) is 0. The number of carbonyl (C=O) groups is 1. The van der Waals surface area contributed by atoms with Gasteiger partial charge in [-0.3, -0.25) is 0 Å². The minimum absolute atomic E-state index is 0.00120. The third-order valence-corrected chi connectivity index (χ3v) is 8.17. The van der Waals surface area contributed by atoms with E-state index < -0.39 is 42.5 Å². The Labute approximate surface area is 230 Å². The molecule has 0 N–H and O–H groups in total. The maximum absolute atomic E-state index is 14.0. The standard InChI is InChI=1S/C29H33F5N2O4/c1-17-9-23(31)3-4-24(17)26-25-15-36(28(37)35-5-7-38-8-6-35)14-21(25)16-39-27(26)40-18(2)20-10-19(13-30)11-22(12-20)29(32,33)34/h3-4,9-12,18,21,25-27H,5-8,13-16H2,1-2H3/t18-,21+,25-,26+,27-/m1/s1. The zero-order chi connectivity index (χ0) is 28.6. The third-order valence-electron chi connectivity index (χ3n) is 8.17. The average molecular weight is 569 g/mol. The van der Waals surface area contributed by atoms with Gasteiger partial charge in [-0.1, -0.05) is 12.1 Å². The lowest BCUT2D eigenvalue weighted by Crippen LogP contribution is -2.47. The van der Waals surface area contributed by atoms with Crippen LogP contribution in [0.5, 0.6) is 0 Å². The number of nitrogens with zero attached hydrogens (tertiary/aromatic N) is 2. The van der Waals surface area contributed by atoms with Crippen molar-refractivity contribution in [2.45, 2.75) is 45.0 Å². The number of morpholine rings is 1. The van der Waals surface area contributed by atoms with Gasteiger partial charge in [0.15, 0.2) is 6.29 Å². The molecule has 2 aromatic carbocycles. The second kappa shape index (κ2) is 11.6. The highest BCUT2D eigenvalue weighted by molar-refractivity contribution is 5.75. The Kier molecular flexibility index (Phi) is 8.35. The van der Waals surface area contributed by atoms with Crippen molar-refractivity contribution in [1.82, 2.24) is 9.80 Å². The minimum atomic E-state index is -4.64. The van der Waals surface area contributed by atoms with Crippen LogP contribution in [0.1, 0.15) is 46.8 Å². The van der Waals surface area contributed by atoms with Gasteiger partial charge in [-0.25, -0.2) is 13.6 Å². The molecule has 0 aromatic heterocycles. The Bertz CT molecular complexity index is 1220. The van der Waals surface area contributed by atoms with Crippen molar-refractivity contribution < 1.29 is 41.0 Å². The van der Waals surface area contributed by atoms with Gasteiger partial charge in [0.25, 0.3) is 0 Å². The molecule has 3 heterocycles. The van der Waals surface area contributed by atoms with Crippen molar-refractivity contribution in [1.29, 1.82) is 0 Å². The lowest BCUT2D eigenvalue weighted by Gasteiger charge is -2.41. The number of rotatable bonds is 5. The zero-order valence-electron chi connectivity index (χ0n) is 22.4. The maximum Gasteiger partial charge on any atom is 0.416 e. The smallest absolute Gasteiger partial charge is 0.378 e. The highest BCUT2D eigenvalue weighted by Crippen LogP contribution is 2.46. The first-order valence-corrected chi connectivity index (χ1v) is 13.5. The molecule has 2 aromatic rings. The molecule has 0 unspecified atom stereocenters. The second-order valence-corrected chi connectivity index (χ2v) is 10.8. The van der Waals surface area contributed by atoms with Crippen molar-refractivity contribution in [3.63, 3.8) is 0 Å². The molecule has 0 radical (unpaired) electrons. The van der Waals surface area contributed by atoms with Crippen molar-refractivity contribution in [2.24, 2.45) is 11.8 Å². The Morgan fingerprint density at radius 3 is 2.52 bits per heavy atom. The first-order valence-electron chi connectivity index (χ1n) is 13.5. The van der Waals surface area contributed by atoms with Crippen LogP contribution in [0.4, 0.5) is 26.7 Å². The third kappa shape index (κ3) is 5.96. The van der Waals surface area contributed by atoms with Crippen molar-refractivity contribution in [3.05, 3.63) is 70.0 Å². The van der Waals surface area contributed by atoms with Crippen LogP contribution in [0.15, 0.2) is 36.4 Å². The van der Waals surface area contributed by atoms with E-state index in [0.717, 1.165) is 17.7 Å². The van der Waals surface area contributed by atoms with Gasteiger partial charge in [-0.2, -0.15) is 13.2 Å². The number of ether oxygens (including phenoxy) is 3. The van der Waals surface area contributed by atoms with Gasteiger partial charge >= 0.3 is 12.2 Å². The second-order valence-electron chi connectivity index (χ2n) is 10.8. The van der Waals surface area contributed by atoms with Gasteiger partial charge in [-0.05, 0) is 66.3 Å². The van der Waals surface area contributed by atoms with E-state index in [9.17, 15) is 26.7 Å². The molecule has 5 rings (SSSR count). The van der Waals surface area contributed by atoms with Crippen LogP contribution in [-0.4, -0.2) is 68.1 Å². The summed E-state index contributed by atoms with van der Waals surface area (Å²) >= 11 is 0. The van der Waals surface area contributed by atoms with E-state index in [4.69, 9.17) is 14.2 Å². The molecular formula is C29H33F5N2O4. The molecular weight excluding hydrogens is 535 g/mol. The van der Waals surface area contributed by atoms with Crippen LogP contribution in [0.2, 0.25) is 0 Å². The fourth-order valence-corrected chi connectivity index (χ4v) is 6.10. The number of urea groups is 1. The molecule has 0 bridgehead atoms. The topological polar surface area (TPSA) is 51.2 Å². The summed E-state index contributed by atoms with van der Waals surface area (Å²) in [5, 5.41) is 0. The molecule has 218 valence electrons. The maximum atomic E-state index is 14.0. The molecule has 5 atom stereocenters. The molecule has 40 heavy (non-hydrogen) atoms. The number of benzene rings is 2. The van der Waals surface area contributed by atoms with Gasteiger partial charge in [-0.15, -0.1) is 0 Å². The average Bonchev–Trinajstić information content (AvgIpc) is 3.37. The fourth-order valence-electron chi connectivity index (χ4n) is 6.10. The molecule has 3 fully saturated rings. The SMILES string of the molecule is Cc1cc(F)ccc1[C@@H]1[C@@H](O[C@H](C)c2cc(CF)cc(C(F)(F)F)c2)OC[C@@H]2CN(C(=O)N3CCOCC3)C[C@H]21. The molecule has 3 aliphatic rings. The number of likely N-dealkylation sites (tertiary alicyclic amines) is 1. The van der Waals surface area contributed by atoms with Crippen LogP contribution < -0.4 is 0 Å². The summed E-state index contributed by atoms with van der Waals surface area (Å²) in [5.41, 5.74) is 0.619. The fraction of sp³-hybridized carbons (Fsp3) is 0.552. The Morgan fingerprint density at radius 2 is 1.85 bits per heavy atom. The summed E-state index contributed by atoms with van der Waals surface area (Å²) in [5.74, 6) is -0.876. The van der Waals surface area contributed by atoms with Gasteiger partial charge in [0.2, 0.25) is 0 Å². The summed E-state index contributed by atoms with van der Waals surface area (Å²) in [6.45, 7) is 5.58. The van der Waals surface area contributed by atoms with Crippen molar-refractivity contribution in [2.75, 3.05) is 46.0 Å².